The molecule has 0 radical (unpaired) electrons. The number of anilines is 1. The van der Waals surface area contributed by atoms with E-state index in [2.05, 4.69) is 27.8 Å². The minimum atomic E-state index is -0.236. The van der Waals surface area contributed by atoms with Gasteiger partial charge in [0.25, 0.3) is 0 Å². The third kappa shape index (κ3) is 2.77. The largest absolute Gasteiger partial charge is 0.347 e. The Balaban J connectivity index is 1.36. The van der Waals surface area contributed by atoms with Gasteiger partial charge in [-0.1, -0.05) is 30.4 Å². The molecule has 2 aliphatic carbocycles. The summed E-state index contributed by atoms with van der Waals surface area (Å²) in [4.78, 5) is 28.7. The Morgan fingerprint density at radius 1 is 1.12 bits per heavy atom. The summed E-state index contributed by atoms with van der Waals surface area (Å²) in [6, 6.07) is 9.44. The van der Waals surface area contributed by atoms with Crippen LogP contribution in [0.3, 0.4) is 0 Å². The Bertz CT molecular complexity index is 825. The highest BCUT2D eigenvalue weighted by atomic mass is 16.2. The molecule has 1 aromatic carbocycles. The van der Waals surface area contributed by atoms with Crippen LogP contribution in [-0.2, 0) is 9.59 Å². The van der Waals surface area contributed by atoms with E-state index in [9.17, 15) is 9.59 Å². The van der Waals surface area contributed by atoms with Gasteiger partial charge in [-0.3, -0.25) is 14.6 Å². The van der Waals surface area contributed by atoms with E-state index in [1.807, 2.05) is 30.3 Å². The highest BCUT2D eigenvalue weighted by Gasteiger charge is 2.39. The average molecular weight is 321 g/mol. The second kappa shape index (κ2) is 6.07. The van der Waals surface area contributed by atoms with Gasteiger partial charge in [-0.05, 0) is 36.8 Å². The van der Waals surface area contributed by atoms with Crippen LogP contribution in [0.5, 0.6) is 0 Å². The summed E-state index contributed by atoms with van der Waals surface area (Å²) in [6.45, 7) is -0.0142. The Morgan fingerprint density at radius 3 is 2.79 bits per heavy atom. The van der Waals surface area contributed by atoms with Gasteiger partial charge in [-0.15, -0.1) is 0 Å². The minimum Gasteiger partial charge on any atom is -0.347 e. The molecule has 2 aliphatic rings. The van der Waals surface area contributed by atoms with Crippen molar-refractivity contribution < 1.29 is 9.59 Å². The Labute approximate surface area is 140 Å². The van der Waals surface area contributed by atoms with Crippen LogP contribution in [0, 0.1) is 17.8 Å². The number of amides is 2. The summed E-state index contributed by atoms with van der Waals surface area (Å²) in [6.07, 6.45) is 8.02. The van der Waals surface area contributed by atoms with Gasteiger partial charge in [0.1, 0.15) is 0 Å². The van der Waals surface area contributed by atoms with Crippen LogP contribution in [0.25, 0.3) is 10.9 Å². The molecule has 1 heterocycles. The molecule has 1 saturated carbocycles. The van der Waals surface area contributed by atoms with Gasteiger partial charge in [-0.2, -0.15) is 0 Å². The van der Waals surface area contributed by atoms with Crippen molar-refractivity contribution in [2.24, 2.45) is 17.8 Å². The van der Waals surface area contributed by atoms with E-state index in [0.717, 1.165) is 23.7 Å². The molecule has 2 aromatic rings. The zero-order valence-electron chi connectivity index (χ0n) is 13.2. The first-order valence-corrected chi connectivity index (χ1v) is 8.30. The molecule has 0 aliphatic heterocycles. The van der Waals surface area contributed by atoms with Crippen LogP contribution in [0.15, 0.2) is 48.7 Å². The van der Waals surface area contributed by atoms with Crippen molar-refractivity contribution in [3.63, 3.8) is 0 Å². The number of hydrogen-bond acceptors (Lipinski definition) is 3. The third-order valence-corrected chi connectivity index (χ3v) is 4.95. The van der Waals surface area contributed by atoms with E-state index in [-0.39, 0.29) is 24.3 Å². The van der Waals surface area contributed by atoms with E-state index >= 15 is 0 Å². The van der Waals surface area contributed by atoms with Gasteiger partial charge in [0, 0.05) is 17.5 Å². The third-order valence-electron chi connectivity index (χ3n) is 4.95. The fourth-order valence-corrected chi connectivity index (χ4v) is 3.78. The van der Waals surface area contributed by atoms with Crippen molar-refractivity contribution in [2.45, 2.75) is 12.8 Å². The first kappa shape index (κ1) is 14.9. The molecule has 0 unspecified atom stereocenters. The maximum atomic E-state index is 12.3. The minimum absolute atomic E-state index is 0.0142. The van der Waals surface area contributed by atoms with Gasteiger partial charge in [0.05, 0.1) is 17.7 Å². The zero-order valence-corrected chi connectivity index (χ0v) is 13.2. The quantitative estimate of drug-likeness (QED) is 0.850. The molecule has 1 aromatic heterocycles. The normalized spacial score (nSPS) is 24.2. The molecular formula is C19H19N3O2. The van der Waals surface area contributed by atoms with Gasteiger partial charge >= 0.3 is 0 Å². The lowest BCUT2D eigenvalue weighted by molar-refractivity contribution is -0.127. The molecule has 0 saturated heterocycles. The molecule has 2 bridgehead atoms. The number of aromatic nitrogens is 1. The molecule has 0 spiro atoms. The summed E-state index contributed by atoms with van der Waals surface area (Å²) < 4.78 is 0. The van der Waals surface area contributed by atoms with E-state index in [0.29, 0.717) is 17.5 Å². The Morgan fingerprint density at radius 2 is 2.00 bits per heavy atom. The number of carbonyl (C=O) groups excluding carboxylic acids is 2. The summed E-state index contributed by atoms with van der Waals surface area (Å²) in [7, 11) is 0. The van der Waals surface area contributed by atoms with E-state index in [1.165, 1.54) is 0 Å². The van der Waals surface area contributed by atoms with Gasteiger partial charge in [0.2, 0.25) is 11.8 Å². The van der Waals surface area contributed by atoms with Crippen LogP contribution in [0.1, 0.15) is 12.8 Å². The number of benzene rings is 1. The van der Waals surface area contributed by atoms with Gasteiger partial charge < -0.3 is 10.6 Å². The molecule has 2 amide bonds. The monoisotopic (exact) mass is 321 g/mol. The van der Waals surface area contributed by atoms with Crippen molar-refractivity contribution in [1.82, 2.24) is 10.3 Å². The molecule has 5 heteroatoms. The van der Waals surface area contributed by atoms with Crippen molar-refractivity contribution >= 4 is 28.4 Å². The molecule has 24 heavy (non-hydrogen) atoms. The summed E-state index contributed by atoms with van der Waals surface area (Å²) in [5.41, 5.74) is 1.41. The van der Waals surface area contributed by atoms with Crippen molar-refractivity contribution in [3.8, 4) is 0 Å². The summed E-state index contributed by atoms with van der Waals surface area (Å²) >= 11 is 0. The van der Waals surface area contributed by atoms with E-state index in [1.54, 1.807) is 6.20 Å². The van der Waals surface area contributed by atoms with Crippen LogP contribution in [0.4, 0.5) is 5.69 Å². The fourth-order valence-electron chi connectivity index (χ4n) is 3.78. The number of rotatable bonds is 4. The van der Waals surface area contributed by atoms with Crippen LogP contribution >= 0.6 is 0 Å². The predicted octanol–water partition coefficient (Wildman–Crippen LogP) is 2.50. The van der Waals surface area contributed by atoms with E-state index < -0.39 is 0 Å². The Hall–Kier alpha value is -2.69. The Kier molecular flexibility index (Phi) is 3.76. The average Bonchev–Trinajstić information content (AvgIpc) is 3.23. The molecule has 122 valence electrons. The number of hydrogen-bond donors (Lipinski definition) is 2. The van der Waals surface area contributed by atoms with Crippen molar-refractivity contribution in [3.05, 3.63) is 48.7 Å². The number of fused-ring (bicyclic) bond motifs is 3. The summed E-state index contributed by atoms with van der Waals surface area (Å²) in [5, 5.41) is 6.57. The number of nitrogens with one attached hydrogen (secondary N) is 2. The first-order valence-electron chi connectivity index (χ1n) is 8.30. The molecular weight excluding hydrogens is 302 g/mol. The van der Waals surface area contributed by atoms with Gasteiger partial charge in [-0.25, -0.2) is 0 Å². The van der Waals surface area contributed by atoms with Crippen LogP contribution < -0.4 is 10.6 Å². The maximum absolute atomic E-state index is 12.3. The lowest BCUT2D eigenvalue weighted by Crippen LogP contribution is -2.38. The second-order valence-electron chi connectivity index (χ2n) is 6.53. The van der Waals surface area contributed by atoms with Gasteiger partial charge in [0.15, 0.2) is 0 Å². The number of para-hydroxylation sites is 1. The highest BCUT2D eigenvalue weighted by Crippen LogP contribution is 2.43. The second-order valence-corrected chi connectivity index (χ2v) is 6.53. The number of allylic oxidation sites excluding steroid dienone is 2. The highest BCUT2D eigenvalue weighted by molar-refractivity contribution is 6.01. The van der Waals surface area contributed by atoms with Crippen LogP contribution in [-0.4, -0.2) is 23.3 Å². The molecule has 4 rings (SSSR count). The van der Waals surface area contributed by atoms with Crippen molar-refractivity contribution in [1.29, 1.82) is 0 Å². The maximum Gasteiger partial charge on any atom is 0.243 e. The zero-order chi connectivity index (χ0) is 16.5. The molecule has 1 fully saturated rings. The molecule has 3 atom stereocenters. The topological polar surface area (TPSA) is 71.1 Å². The number of pyridine rings is 1. The molecule has 2 N–H and O–H groups in total. The van der Waals surface area contributed by atoms with E-state index in [4.69, 9.17) is 0 Å². The predicted molar refractivity (Wildman–Crippen MR) is 92.2 cm³/mol. The first-order chi connectivity index (χ1) is 11.7. The molecule has 5 nitrogen and oxygen atoms in total. The fraction of sp³-hybridized carbons (Fsp3) is 0.316. The lowest BCUT2D eigenvalue weighted by atomic mass is 9.93. The standard InChI is InChI=1S/C19H19N3O2/c23-17(11-21-19(24)15-10-12-6-7-14(15)9-12)22-16-5-1-3-13-4-2-8-20-18(13)16/h1-8,12,14-15H,9-11H2,(H,21,24)(H,22,23)/t12-,14-,15-/m0/s1. The number of nitrogens with zero attached hydrogens (tertiary/aromatic N) is 1. The summed E-state index contributed by atoms with van der Waals surface area (Å²) in [5.74, 6) is 0.659. The van der Waals surface area contributed by atoms with Crippen LogP contribution in [0.2, 0.25) is 0 Å². The lowest BCUT2D eigenvalue weighted by Gasteiger charge is -2.17. The smallest absolute Gasteiger partial charge is 0.243 e. The van der Waals surface area contributed by atoms with Crippen molar-refractivity contribution in [2.75, 3.05) is 11.9 Å². The number of carbonyl (C=O) groups is 2. The SMILES string of the molecule is O=C(CNC(=O)[C@H]1C[C@H]2C=C[C@H]1C2)Nc1cccc2cccnc12.